The van der Waals surface area contributed by atoms with Gasteiger partial charge < -0.3 is 9.64 Å². The van der Waals surface area contributed by atoms with Crippen molar-refractivity contribution in [3.8, 4) is 0 Å². The van der Waals surface area contributed by atoms with Gasteiger partial charge in [0.1, 0.15) is 5.82 Å². The van der Waals surface area contributed by atoms with Gasteiger partial charge in [0.2, 0.25) is 0 Å². The molecular weight excluding hydrogens is 347 g/mol. The zero-order valence-corrected chi connectivity index (χ0v) is 15.4. The summed E-state index contributed by atoms with van der Waals surface area (Å²) in [6.45, 7) is 4.90. The molecule has 0 radical (unpaired) electrons. The molecule has 0 unspecified atom stereocenters. The van der Waals surface area contributed by atoms with E-state index < -0.39 is 11.8 Å². The monoisotopic (exact) mass is 370 g/mol. The van der Waals surface area contributed by atoms with Crippen LogP contribution in [-0.4, -0.2) is 54.5 Å². The lowest BCUT2D eigenvalue weighted by molar-refractivity contribution is -0.136. The fourth-order valence-electron chi connectivity index (χ4n) is 3.02. The molecule has 1 heterocycles. The first-order valence-electron chi connectivity index (χ1n) is 9.00. The van der Waals surface area contributed by atoms with Crippen LogP contribution in [0.4, 0.5) is 4.39 Å². The van der Waals surface area contributed by atoms with Crippen molar-refractivity contribution in [3.05, 3.63) is 71.0 Å². The lowest BCUT2D eigenvalue weighted by atomic mass is 10.1. The van der Waals surface area contributed by atoms with Crippen molar-refractivity contribution in [2.45, 2.75) is 13.5 Å². The third kappa shape index (κ3) is 5.14. The van der Waals surface area contributed by atoms with Gasteiger partial charge in [0, 0.05) is 32.7 Å². The van der Waals surface area contributed by atoms with Gasteiger partial charge in [-0.3, -0.25) is 9.69 Å². The van der Waals surface area contributed by atoms with Crippen LogP contribution in [0.1, 0.15) is 21.5 Å². The lowest BCUT2D eigenvalue weighted by Crippen LogP contribution is -2.49. The molecule has 0 aromatic heterocycles. The molecule has 0 N–H and O–H groups in total. The van der Waals surface area contributed by atoms with Crippen molar-refractivity contribution in [2.24, 2.45) is 0 Å². The molecule has 0 atom stereocenters. The number of hydrogen-bond donors (Lipinski definition) is 0. The van der Waals surface area contributed by atoms with Gasteiger partial charge in [-0.2, -0.15) is 0 Å². The molecule has 0 bridgehead atoms. The summed E-state index contributed by atoms with van der Waals surface area (Å²) in [6, 6.07) is 14.3. The number of carbonyl (C=O) groups is 2. The summed E-state index contributed by atoms with van der Waals surface area (Å²) in [5, 5.41) is 0. The van der Waals surface area contributed by atoms with E-state index in [1.165, 1.54) is 17.7 Å². The minimum atomic E-state index is -0.690. The number of benzene rings is 2. The summed E-state index contributed by atoms with van der Waals surface area (Å²) >= 11 is 0. The van der Waals surface area contributed by atoms with Gasteiger partial charge in [-0.25, -0.2) is 9.18 Å². The van der Waals surface area contributed by atoms with Crippen molar-refractivity contribution in [2.75, 3.05) is 32.8 Å². The summed E-state index contributed by atoms with van der Waals surface area (Å²) in [6.07, 6.45) is 0. The predicted octanol–water partition coefficient (Wildman–Crippen LogP) is 2.64. The Labute approximate surface area is 158 Å². The Morgan fingerprint density at radius 3 is 2.41 bits per heavy atom. The fraction of sp³-hybridized carbons (Fsp3) is 0.333. The van der Waals surface area contributed by atoms with Crippen LogP contribution in [-0.2, 0) is 16.1 Å². The average Bonchev–Trinajstić information content (AvgIpc) is 2.69. The molecule has 2 aromatic rings. The standard InChI is InChI=1S/C21H23FN2O3/c1-16-7-8-18(13-19(16)22)21(26)27-15-20(25)24-11-9-23(10-12-24)14-17-5-3-2-4-6-17/h2-8,13H,9-12,14-15H2,1H3. The summed E-state index contributed by atoms with van der Waals surface area (Å²) in [7, 11) is 0. The van der Waals surface area contributed by atoms with Gasteiger partial charge in [0.15, 0.2) is 6.61 Å². The van der Waals surface area contributed by atoms with E-state index in [-0.39, 0.29) is 18.1 Å². The molecule has 6 heteroatoms. The van der Waals surface area contributed by atoms with Crippen LogP contribution in [0.15, 0.2) is 48.5 Å². The van der Waals surface area contributed by atoms with Crippen LogP contribution in [0.5, 0.6) is 0 Å². The molecule has 3 rings (SSSR count). The minimum absolute atomic E-state index is 0.110. The summed E-state index contributed by atoms with van der Waals surface area (Å²) in [4.78, 5) is 28.2. The highest BCUT2D eigenvalue weighted by Crippen LogP contribution is 2.11. The number of nitrogens with zero attached hydrogens (tertiary/aromatic N) is 2. The van der Waals surface area contributed by atoms with E-state index in [9.17, 15) is 14.0 Å². The van der Waals surface area contributed by atoms with E-state index in [2.05, 4.69) is 17.0 Å². The average molecular weight is 370 g/mol. The molecule has 5 nitrogen and oxygen atoms in total. The minimum Gasteiger partial charge on any atom is -0.452 e. The number of hydrogen-bond acceptors (Lipinski definition) is 4. The zero-order valence-electron chi connectivity index (χ0n) is 15.4. The third-order valence-corrected chi connectivity index (χ3v) is 4.71. The smallest absolute Gasteiger partial charge is 0.338 e. The number of halogens is 1. The molecule has 1 fully saturated rings. The van der Waals surface area contributed by atoms with Gasteiger partial charge in [-0.1, -0.05) is 36.4 Å². The van der Waals surface area contributed by atoms with Crippen LogP contribution in [0, 0.1) is 12.7 Å². The molecule has 27 heavy (non-hydrogen) atoms. The Bertz CT molecular complexity index is 802. The fourth-order valence-corrected chi connectivity index (χ4v) is 3.02. The lowest BCUT2D eigenvalue weighted by Gasteiger charge is -2.34. The summed E-state index contributed by atoms with van der Waals surface area (Å²) < 4.78 is 18.6. The second kappa shape index (κ2) is 8.77. The van der Waals surface area contributed by atoms with Crippen molar-refractivity contribution in [1.82, 2.24) is 9.80 Å². The van der Waals surface area contributed by atoms with E-state index in [1.807, 2.05) is 18.2 Å². The zero-order chi connectivity index (χ0) is 19.2. The molecule has 142 valence electrons. The highest BCUT2D eigenvalue weighted by atomic mass is 19.1. The Balaban J connectivity index is 1.44. The number of esters is 1. The van der Waals surface area contributed by atoms with Gasteiger partial charge in [-0.15, -0.1) is 0 Å². The Kier molecular flexibility index (Phi) is 6.19. The van der Waals surface area contributed by atoms with Crippen molar-refractivity contribution >= 4 is 11.9 Å². The maximum Gasteiger partial charge on any atom is 0.338 e. The molecule has 0 aliphatic carbocycles. The van der Waals surface area contributed by atoms with Crippen molar-refractivity contribution in [1.29, 1.82) is 0 Å². The van der Waals surface area contributed by atoms with Crippen molar-refractivity contribution < 1.29 is 18.7 Å². The first-order valence-corrected chi connectivity index (χ1v) is 9.00. The van der Waals surface area contributed by atoms with E-state index in [1.54, 1.807) is 11.8 Å². The first kappa shape index (κ1) is 19.0. The number of ether oxygens (including phenoxy) is 1. The molecule has 1 aliphatic rings. The second-order valence-electron chi connectivity index (χ2n) is 6.68. The SMILES string of the molecule is Cc1ccc(C(=O)OCC(=O)N2CCN(Cc3ccccc3)CC2)cc1F. The summed E-state index contributed by atoms with van der Waals surface area (Å²) in [5.74, 6) is -1.38. The van der Waals surface area contributed by atoms with Crippen LogP contribution >= 0.6 is 0 Å². The molecule has 1 saturated heterocycles. The molecule has 2 aromatic carbocycles. The van der Waals surface area contributed by atoms with Crippen LogP contribution in [0.2, 0.25) is 0 Å². The van der Waals surface area contributed by atoms with Gasteiger partial charge in [0.05, 0.1) is 5.56 Å². The molecule has 0 saturated carbocycles. The molecule has 1 aliphatic heterocycles. The Morgan fingerprint density at radius 1 is 1.04 bits per heavy atom. The topological polar surface area (TPSA) is 49.9 Å². The normalized spacial score (nSPS) is 14.8. The van der Waals surface area contributed by atoms with Crippen LogP contribution < -0.4 is 0 Å². The maximum absolute atomic E-state index is 13.5. The quantitative estimate of drug-likeness (QED) is 0.760. The first-order chi connectivity index (χ1) is 13.0. The van der Waals surface area contributed by atoms with Crippen molar-refractivity contribution in [3.63, 3.8) is 0 Å². The highest BCUT2D eigenvalue weighted by Gasteiger charge is 2.22. The number of amides is 1. The molecular formula is C21H23FN2O3. The van der Waals surface area contributed by atoms with Crippen LogP contribution in [0.25, 0.3) is 0 Å². The van der Waals surface area contributed by atoms with Crippen LogP contribution in [0.3, 0.4) is 0 Å². The van der Waals surface area contributed by atoms with E-state index in [0.29, 0.717) is 18.7 Å². The van der Waals surface area contributed by atoms with Gasteiger partial charge in [0.25, 0.3) is 5.91 Å². The van der Waals surface area contributed by atoms with Gasteiger partial charge >= 0.3 is 5.97 Å². The van der Waals surface area contributed by atoms with E-state index >= 15 is 0 Å². The Hall–Kier alpha value is -2.73. The Morgan fingerprint density at radius 2 is 1.74 bits per heavy atom. The van der Waals surface area contributed by atoms with E-state index in [4.69, 9.17) is 4.74 Å². The number of aryl methyl sites for hydroxylation is 1. The summed E-state index contributed by atoms with van der Waals surface area (Å²) in [5.41, 5.74) is 1.81. The second-order valence-corrected chi connectivity index (χ2v) is 6.68. The predicted molar refractivity (Wildman–Crippen MR) is 99.7 cm³/mol. The molecule has 1 amide bonds. The van der Waals surface area contributed by atoms with Gasteiger partial charge in [-0.05, 0) is 30.2 Å². The highest BCUT2D eigenvalue weighted by molar-refractivity contribution is 5.91. The number of piperazine rings is 1. The largest absolute Gasteiger partial charge is 0.452 e. The molecule has 0 spiro atoms. The number of carbonyl (C=O) groups excluding carboxylic acids is 2. The van der Waals surface area contributed by atoms with E-state index in [0.717, 1.165) is 25.7 Å². The third-order valence-electron chi connectivity index (χ3n) is 4.71. The maximum atomic E-state index is 13.5. The number of rotatable bonds is 5.